The SMILES string of the molecule is Nc1c(NNC(=O)c2ccc(Cl)cc2Cl)ncnc1N1CCN(c2cccc(Cl)c2)CC1. The monoisotopic (exact) mass is 491 g/mol. The topological polar surface area (TPSA) is 99.4 Å². The van der Waals surface area contributed by atoms with Crippen molar-refractivity contribution in [2.45, 2.75) is 0 Å². The number of amides is 1. The number of aromatic nitrogens is 2. The predicted molar refractivity (Wildman–Crippen MR) is 130 cm³/mol. The lowest BCUT2D eigenvalue weighted by Crippen LogP contribution is -2.47. The number of carbonyl (C=O) groups excluding carboxylic acids is 1. The molecule has 1 aliphatic rings. The molecule has 1 saturated heterocycles. The maximum Gasteiger partial charge on any atom is 0.271 e. The van der Waals surface area contributed by atoms with Crippen molar-refractivity contribution in [3.8, 4) is 0 Å². The third-order valence-corrected chi connectivity index (χ3v) is 5.87. The molecule has 0 aliphatic carbocycles. The Bertz CT molecular complexity index is 1140. The van der Waals surface area contributed by atoms with Crippen LogP contribution in [0.25, 0.3) is 0 Å². The van der Waals surface area contributed by atoms with Crippen LogP contribution in [0.1, 0.15) is 10.4 Å². The van der Waals surface area contributed by atoms with Crippen LogP contribution in [-0.4, -0.2) is 42.1 Å². The quantitative estimate of drug-likeness (QED) is 0.461. The van der Waals surface area contributed by atoms with E-state index in [0.717, 1.165) is 31.9 Å². The van der Waals surface area contributed by atoms with E-state index in [1.807, 2.05) is 24.3 Å². The molecule has 166 valence electrons. The second-order valence-electron chi connectivity index (χ2n) is 7.12. The van der Waals surface area contributed by atoms with Gasteiger partial charge in [0.15, 0.2) is 11.6 Å². The Labute approximate surface area is 200 Å². The second kappa shape index (κ2) is 9.68. The van der Waals surface area contributed by atoms with Crippen molar-refractivity contribution in [3.05, 3.63) is 69.4 Å². The Kier molecular flexibility index (Phi) is 6.74. The molecule has 0 radical (unpaired) electrons. The summed E-state index contributed by atoms with van der Waals surface area (Å²) in [5.74, 6) is 0.457. The van der Waals surface area contributed by atoms with Gasteiger partial charge in [0.1, 0.15) is 12.0 Å². The number of nitrogens with zero attached hydrogens (tertiary/aromatic N) is 4. The van der Waals surface area contributed by atoms with Gasteiger partial charge in [-0.1, -0.05) is 40.9 Å². The fraction of sp³-hybridized carbons (Fsp3) is 0.190. The first-order chi connectivity index (χ1) is 15.4. The highest BCUT2D eigenvalue weighted by atomic mass is 35.5. The number of nitrogen functional groups attached to an aromatic ring is 1. The molecule has 2 heterocycles. The maximum atomic E-state index is 12.4. The lowest BCUT2D eigenvalue weighted by molar-refractivity contribution is 0.0962. The number of piperazine rings is 1. The highest BCUT2D eigenvalue weighted by molar-refractivity contribution is 6.36. The van der Waals surface area contributed by atoms with Crippen molar-refractivity contribution in [1.29, 1.82) is 0 Å². The lowest BCUT2D eigenvalue weighted by atomic mass is 10.2. The lowest BCUT2D eigenvalue weighted by Gasteiger charge is -2.37. The van der Waals surface area contributed by atoms with Gasteiger partial charge in [-0.05, 0) is 36.4 Å². The van der Waals surface area contributed by atoms with Crippen molar-refractivity contribution >= 4 is 63.7 Å². The molecule has 4 rings (SSSR count). The van der Waals surface area contributed by atoms with Gasteiger partial charge in [-0.25, -0.2) is 9.97 Å². The Morgan fingerprint density at radius 2 is 1.66 bits per heavy atom. The summed E-state index contributed by atoms with van der Waals surface area (Å²) in [5, 5.41) is 1.40. The van der Waals surface area contributed by atoms with Gasteiger partial charge in [-0.3, -0.25) is 15.6 Å². The third kappa shape index (κ3) is 4.93. The molecular weight excluding hydrogens is 473 g/mol. The Morgan fingerprint density at radius 3 is 2.38 bits per heavy atom. The summed E-state index contributed by atoms with van der Waals surface area (Å²) < 4.78 is 0. The summed E-state index contributed by atoms with van der Waals surface area (Å²) >= 11 is 18.1. The third-order valence-electron chi connectivity index (χ3n) is 5.09. The molecule has 32 heavy (non-hydrogen) atoms. The molecule has 0 unspecified atom stereocenters. The standard InChI is InChI=1S/C21H20Cl3N7O/c22-13-2-1-3-15(10-13)30-6-8-31(9-7-30)20-18(25)19(26-12-27-20)28-29-21(32)16-5-4-14(23)11-17(16)24/h1-5,10-12H,6-9,25H2,(H,29,32)(H,26,27,28). The largest absolute Gasteiger partial charge is 0.393 e. The molecule has 3 aromatic rings. The first-order valence-electron chi connectivity index (χ1n) is 9.79. The molecule has 0 saturated carbocycles. The summed E-state index contributed by atoms with van der Waals surface area (Å²) in [5.41, 5.74) is 13.3. The van der Waals surface area contributed by atoms with Gasteiger partial charge in [-0.2, -0.15) is 0 Å². The summed E-state index contributed by atoms with van der Waals surface area (Å²) in [6.07, 6.45) is 1.40. The number of hydrogen-bond acceptors (Lipinski definition) is 7. The second-order valence-corrected chi connectivity index (χ2v) is 8.40. The molecule has 4 N–H and O–H groups in total. The van der Waals surface area contributed by atoms with E-state index in [4.69, 9.17) is 40.5 Å². The summed E-state index contributed by atoms with van der Waals surface area (Å²) in [4.78, 5) is 25.3. The molecule has 8 nitrogen and oxygen atoms in total. The van der Waals surface area contributed by atoms with Gasteiger partial charge in [0, 0.05) is 41.9 Å². The fourth-order valence-electron chi connectivity index (χ4n) is 3.44. The first-order valence-corrected chi connectivity index (χ1v) is 10.9. The Balaban J connectivity index is 1.41. The molecule has 1 aliphatic heterocycles. The number of hydrazine groups is 1. The number of carbonyl (C=O) groups is 1. The van der Waals surface area contributed by atoms with Crippen LogP contribution in [0, 0.1) is 0 Å². The highest BCUT2D eigenvalue weighted by Crippen LogP contribution is 2.28. The van der Waals surface area contributed by atoms with Crippen LogP contribution in [0.4, 0.5) is 23.0 Å². The maximum absolute atomic E-state index is 12.4. The number of benzene rings is 2. The van der Waals surface area contributed by atoms with Crippen LogP contribution < -0.4 is 26.4 Å². The Morgan fingerprint density at radius 1 is 0.938 bits per heavy atom. The van der Waals surface area contributed by atoms with Gasteiger partial charge < -0.3 is 15.5 Å². The number of nitrogens with one attached hydrogen (secondary N) is 2. The van der Waals surface area contributed by atoms with Crippen LogP contribution >= 0.6 is 34.8 Å². The minimum absolute atomic E-state index is 0.241. The van der Waals surface area contributed by atoms with Gasteiger partial charge >= 0.3 is 0 Å². The van der Waals surface area contributed by atoms with Gasteiger partial charge in [0.2, 0.25) is 0 Å². The highest BCUT2D eigenvalue weighted by Gasteiger charge is 2.22. The molecule has 2 aromatic carbocycles. The zero-order valence-electron chi connectivity index (χ0n) is 16.9. The number of anilines is 4. The van der Waals surface area contributed by atoms with Gasteiger partial charge in [-0.15, -0.1) is 0 Å². The normalized spacial score (nSPS) is 13.7. The van der Waals surface area contributed by atoms with Crippen LogP contribution in [0.15, 0.2) is 48.8 Å². The number of halogens is 3. The van der Waals surface area contributed by atoms with Crippen molar-refractivity contribution in [1.82, 2.24) is 15.4 Å². The van der Waals surface area contributed by atoms with E-state index in [1.165, 1.54) is 18.5 Å². The van der Waals surface area contributed by atoms with Crippen molar-refractivity contribution in [3.63, 3.8) is 0 Å². The smallest absolute Gasteiger partial charge is 0.271 e. The molecule has 1 amide bonds. The molecule has 0 bridgehead atoms. The number of hydrogen-bond donors (Lipinski definition) is 3. The fourth-order valence-corrected chi connectivity index (χ4v) is 4.12. The average molecular weight is 493 g/mol. The molecular formula is C21H20Cl3N7O. The zero-order chi connectivity index (χ0) is 22.7. The van der Waals surface area contributed by atoms with Gasteiger partial charge in [0.25, 0.3) is 5.91 Å². The van der Waals surface area contributed by atoms with E-state index in [9.17, 15) is 4.79 Å². The summed E-state index contributed by atoms with van der Waals surface area (Å²) in [6.45, 7) is 3.02. The van der Waals surface area contributed by atoms with Crippen LogP contribution in [0.3, 0.4) is 0 Å². The molecule has 1 aromatic heterocycles. The number of nitrogens with two attached hydrogens (primary N) is 1. The first kappa shape index (κ1) is 22.3. The van der Waals surface area contributed by atoms with E-state index < -0.39 is 5.91 Å². The van der Waals surface area contributed by atoms with E-state index in [2.05, 4.69) is 30.6 Å². The van der Waals surface area contributed by atoms with E-state index in [-0.39, 0.29) is 10.6 Å². The Hall–Kier alpha value is -2.94. The van der Waals surface area contributed by atoms with E-state index >= 15 is 0 Å². The molecule has 0 spiro atoms. The van der Waals surface area contributed by atoms with E-state index in [1.54, 1.807) is 6.07 Å². The summed E-state index contributed by atoms with van der Waals surface area (Å²) in [6, 6.07) is 12.4. The van der Waals surface area contributed by atoms with Gasteiger partial charge in [0.05, 0.1) is 10.6 Å². The van der Waals surface area contributed by atoms with Crippen LogP contribution in [0.5, 0.6) is 0 Å². The minimum atomic E-state index is -0.443. The average Bonchev–Trinajstić information content (AvgIpc) is 2.78. The minimum Gasteiger partial charge on any atom is -0.393 e. The van der Waals surface area contributed by atoms with Crippen LogP contribution in [0.2, 0.25) is 15.1 Å². The van der Waals surface area contributed by atoms with Crippen molar-refractivity contribution in [2.75, 3.05) is 47.1 Å². The molecule has 11 heteroatoms. The van der Waals surface area contributed by atoms with Crippen molar-refractivity contribution < 1.29 is 4.79 Å². The molecule has 1 fully saturated rings. The summed E-state index contributed by atoms with van der Waals surface area (Å²) in [7, 11) is 0. The number of rotatable bonds is 5. The predicted octanol–water partition coefficient (Wildman–Crippen LogP) is 4.10. The molecule has 0 atom stereocenters. The van der Waals surface area contributed by atoms with E-state index in [0.29, 0.717) is 27.4 Å². The van der Waals surface area contributed by atoms with Crippen LogP contribution in [-0.2, 0) is 0 Å². The van der Waals surface area contributed by atoms with Crippen molar-refractivity contribution in [2.24, 2.45) is 0 Å². The zero-order valence-corrected chi connectivity index (χ0v) is 19.1.